The van der Waals surface area contributed by atoms with Crippen LogP contribution in [-0.2, 0) is 4.79 Å². The van der Waals surface area contributed by atoms with Crippen LogP contribution in [0.3, 0.4) is 0 Å². The molecule has 0 aromatic heterocycles. The van der Waals surface area contributed by atoms with Crippen molar-refractivity contribution in [2.24, 2.45) is 0 Å². The number of hydrogen-bond donors (Lipinski definition) is 1. The summed E-state index contributed by atoms with van der Waals surface area (Å²) in [5, 5.41) is 3.40. The van der Waals surface area contributed by atoms with Gasteiger partial charge in [-0.2, -0.15) is 0 Å². The number of halogens is 2. The smallest absolute Gasteiger partial charge is 0.256 e. The topological polar surface area (TPSA) is 29.1 Å². The van der Waals surface area contributed by atoms with E-state index in [4.69, 9.17) is 11.6 Å². The molecule has 0 unspecified atom stereocenters. The predicted octanol–water partition coefficient (Wildman–Crippen LogP) is 3.97. The van der Waals surface area contributed by atoms with Crippen LogP contribution in [0.5, 0.6) is 0 Å². The second-order valence-corrected chi connectivity index (χ2v) is 4.94. The van der Waals surface area contributed by atoms with Crippen LogP contribution in [0, 0.1) is 0 Å². The normalized spacial score (nSPS) is 16.8. The van der Waals surface area contributed by atoms with Crippen LogP contribution in [-0.4, -0.2) is 5.91 Å². The summed E-state index contributed by atoms with van der Waals surface area (Å²) >= 11 is 9.21. The number of fused-ring (bicyclic) bond motifs is 1. The molecule has 1 aliphatic rings. The quantitative estimate of drug-likeness (QED) is 0.781. The number of anilines is 1. The van der Waals surface area contributed by atoms with Crippen LogP contribution < -0.4 is 5.32 Å². The van der Waals surface area contributed by atoms with Crippen molar-refractivity contribution in [1.29, 1.82) is 0 Å². The summed E-state index contributed by atoms with van der Waals surface area (Å²) in [6, 6.07) is 5.33. The van der Waals surface area contributed by atoms with Crippen molar-refractivity contribution in [3.8, 4) is 0 Å². The summed E-state index contributed by atoms with van der Waals surface area (Å²) in [5.41, 5.74) is 3.06. The molecule has 82 valence electrons. The third-order valence-corrected chi connectivity index (χ3v) is 3.34. The molecule has 0 fully saturated rings. The minimum Gasteiger partial charge on any atom is -0.321 e. The highest BCUT2D eigenvalue weighted by atomic mass is 79.9. The van der Waals surface area contributed by atoms with Gasteiger partial charge in [0.1, 0.15) is 0 Å². The fraction of sp³-hybridized carbons (Fsp3) is 0.0833. The van der Waals surface area contributed by atoms with E-state index in [2.05, 4.69) is 27.8 Å². The highest BCUT2D eigenvalue weighted by molar-refractivity contribution is 9.11. The first-order valence-electron chi connectivity index (χ1n) is 4.67. The molecule has 1 amide bonds. The van der Waals surface area contributed by atoms with E-state index in [9.17, 15) is 4.79 Å². The summed E-state index contributed by atoms with van der Waals surface area (Å²) < 4.78 is 0.700. The molecule has 0 saturated carbocycles. The van der Waals surface area contributed by atoms with Crippen LogP contribution in [0.2, 0.25) is 5.02 Å². The van der Waals surface area contributed by atoms with Crippen molar-refractivity contribution in [2.75, 3.05) is 5.32 Å². The average molecular weight is 299 g/mol. The predicted molar refractivity (Wildman–Crippen MR) is 70.7 cm³/mol. The molecule has 16 heavy (non-hydrogen) atoms. The summed E-state index contributed by atoms with van der Waals surface area (Å²) in [6.07, 6.45) is 0. The maximum atomic E-state index is 11.8. The van der Waals surface area contributed by atoms with E-state index in [0.717, 1.165) is 16.8 Å². The molecule has 0 radical (unpaired) electrons. The molecule has 0 aliphatic carbocycles. The zero-order valence-electron chi connectivity index (χ0n) is 8.60. The Hall–Kier alpha value is -1.06. The fourth-order valence-electron chi connectivity index (χ4n) is 1.65. The van der Waals surface area contributed by atoms with E-state index in [-0.39, 0.29) is 5.91 Å². The Morgan fingerprint density at radius 3 is 2.81 bits per heavy atom. The largest absolute Gasteiger partial charge is 0.321 e. The number of hydrogen-bond acceptors (Lipinski definition) is 1. The number of carbonyl (C=O) groups excluding carboxylic acids is 1. The molecule has 1 aromatic carbocycles. The molecule has 4 heteroatoms. The zero-order valence-corrected chi connectivity index (χ0v) is 10.9. The van der Waals surface area contributed by atoms with Gasteiger partial charge in [-0.15, -0.1) is 0 Å². The molecule has 0 saturated heterocycles. The lowest BCUT2D eigenvalue weighted by molar-refractivity contribution is -0.110. The van der Waals surface area contributed by atoms with Crippen LogP contribution >= 0.6 is 27.5 Å². The second-order valence-electron chi connectivity index (χ2n) is 3.55. The lowest BCUT2D eigenvalue weighted by atomic mass is 10.0. The highest BCUT2D eigenvalue weighted by Crippen LogP contribution is 2.37. The number of rotatable bonds is 1. The van der Waals surface area contributed by atoms with Gasteiger partial charge in [-0.3, -0.25) is 4.79 Å². The summed E-state index contributed by atoms with van der Waals surface area (Å²) in [4.78, 5) is 11.8. The Balaban J connectivity index is 2.68. The molecular weight excluding hydrogens is 289 g/mol. The van der Waals surface area contributed by atoms with Crippen molar-refractivity contribution < 1.29 is 4.79 Å². The Morgan fingerprint density at radius 1 is 1.50 bits per heavy atom. The molecule has 2 nitrogen and oxygen atoms in total. The molecule has 1 heterocycles. The van der Waals surface area contributed by atoms with E-state index in [1.165, 1.54) is 0 Å². The van der Waals surface area contributed by atoms with Gasteiger partial charge in [-0.1, -0.05) is 34.1 Å². The van der Waals surface area contributed by atoms with Crippen LogP contribution in [0.15, 0.2) is 34.8 Å². The van der Waals surface area contributed by atoms with Gasteiger partial charge >= 0.3 is 0 Å². The Bertz CT molecular complexity index is 534. The standard InChI is InChI=1S/C12H9BrClNO/c1-6(7(2)13)11-9-5-8(14)3-4-10(9)15-12(11)16/h3-5H,2H2,1H3,(H,15,16)/b11-6-. The van der Waals surface area contributed by atoms with Gasteiger partial charge in [0.15, 0.2) is 0 Å². The van der Waals surface area contributed by atoms with E-state index in [0.29, 0.717) is 15.1 Å². The summed E-state index contributed by atoms with van der Waals surface area (Å²) in [5.74, 6) is -0.115. The minimum absolute atomic E-state index is 0.115. The third kappa shape index (κ3) is 1.81. The summed E-state index contributed by atoms with van der Waals surface area (Å²) in [6.45, 7) is 5.62. The first-order chi connectivity index (χ1) is 7.50. The first kappa shape index (κ1) is 11.4. The number of carbonyl (C=O) groups is 1. The number of benzene rings is 1. The molecular formula is C12H9BrClNO. The highest BCUT2D eigenvalue weighted by Gasteiger charge is 2.26. The van der Waals surface area contributed by atoms with Gasteiger partial charge < -0.3 is 5.32 Å². The maximum absolute atomic E-state index is 11.8. The Kier molecular flexibility index (Phi) is 2.91. The van der Waals surface area contributed by atoms with E-state index in [1.807, 2.05) is 6.92 Å². The number of allylic oxidation sites excluding steroid dienone is 2. The molecule has 0 bridgehead atoms. The lowest BCUT2D eigenvalue weighted by Gasteiger charge is -2.03. The van der Waals surface area contributed by atoms with Crippen molar-refractivity contribution in [1.82, 2.24) is 0 Å². The van der Waals surface area contributed by atoms with Crippen molar-refractivity contribution in [2.45, 2.75) is 6.92 Å². The molecule has 0 atom stereocenters. The zero-order chi connectivity index (χ0) is 11.9. The minimum atomic E-state index is -0.115. The van der Waals surface area contributed by atoms with E-state index < -0.39 is 0 Å². The molecule has 0 spiro atoms. The average Bonchev–Trinajstić information content (AvgIpc) is 2.52. The Morgan fingerprint density at radius 2 is 2.19 bits per heavy atom. The molecule has 1 aliphatic heterocycles. The Labute approximate surface area is 107 Å². The van der Waals surface area contributed by atoms with Crippen molar-refractivity contribution >= 4 is 44.7 Å². The SMILES string of the molecule is C=C(Br)/C(C)=C1\C(=O)Nc2ccc(Cl)cc21. The molecule has 1 aromatic rings. The monoisotopic (exact) mass is 297 g/mol. The number of amides is 1. The van der Waals surface area contributed by atoms with Crippen molar-refractivity contribution in [3.63, 3.8) is 0 Å². The van der Waals surface area contributed by atoms with Gasteiger partial charge in [0.25, 0.3) is 5.91 Å². The van der Waals surface area contributed by atoms with Gasteiger partial charge in [0, 0.05) is 20.8 Å². The van der Waals surface area contributed by atoms with Gasteiger partial charge in [-0.05, 0) is 30.7 Å². The van der Waals surface area contributed by atoms with Crippen molar-refractivity contribution in [3.05, 3.63) is 45.4 Å². The molecule has 2 rings (SSSR count). The number of nitrogens with one attached hydrogen (secondary N) is 1. The summed E-state index contributed by atoms with van der Waals surface area (Å²) in [7, 11) is 0. The van der Waals surface area contributed by atoms with Crippen LogP contribution in [0.4, 0.5) is 5.69 Å². The van der Waals surface area contributed by atoms with E-state index >= 15 is 0 Å². The van der Waals surface area contributed by atoms with Gasteiger partial charge in [0.2, 0.25) is 0 Å². The maximum Gasteiger partial charge on any atom is 0.256 e. The lowest BCUT2D eigenvalue weighted by Crippen LogP contribution is -2.05. The van der Waals surface area contributed by atoms with Crippen LogP contribution in [0.25, 0.3) is 5.57 Å². The van der Waals surface area contributed by atoms with Gasteiger partial charge in [0.05, 0.1) is 5.57 Å². The fourth-order valence-corrected chi connectivity index (χ4v) is 2.02. The molecule has 1 N–H and O–H groups in total. The second kappa shape index (κ2) is 4.07. The first-order valence-corrected chi connectivity index (χ1v) is 5.84. The van der Waals surface area contributed by atoms with Crippen LogP contribution in [0.1, 0.15) is 12.5 Å². The van der Waals surface area contributed by atoms with E-state index in [1.54, 1.807) is 18.2 Å². The van der Waals surface area contributed by atoms with Gasteiger partial charge in [-0.25, -0.2) is 0 Å². The third-order valence-electron chi connectivity index (χ3n) is 2.51.